The van der Waals surface area contributed by atoms with Crippen LogP contribution in [0.1, 0.15) is 58.2 Å². The fourth-order valence-corrected chi connectivity index (χ4v) is 7.38. The largest absolute Gasteiger partial charge is 0.309 e. The van der Waals surface area contributed by atoms with Gasteiger partial charge in [-0.2, -0.15) is 5.26 Å². The van der Waals surface area contributed by atoms with Crippen molar-refractivity contribution in [2.45, 2.75) is 52.4 Å². The first-order chi connectivity index (χ1) is 23.9. The number of benzene rings is 6. The van der Waals surface area contributed by atoms with E-state index in [-0.39, 0.29) is 16.4 Å². The van der Waals surface area contributed by atoms with Gasteiger partial charge < -0.3 is 9.13 Å². The van der Waals surface area contributed by atoms with Crippen molar-refractivity contribution in [2.75, 3.05) is 0 Å². The van der Waals surface area contributed by atoms with E-state index in [2.05, 4.69) is 105 Å². The molecule has 2 aromatic heterocycles. The van der Waals surface area contributed by atoms with Crippen LogP contribution in [-0.2, 0) is 10.8 Å². The Balaban J connectivity index is 1.55. The van der Waals surface area contributed by atoms with E-state index in [1.54, 1.807) is 12.1 Å². The van der Waals surface area contributed by atoms with Crippen molar-refractivity contribution >= 4 is 43.6 Å². The zero-order chi connectivity index (χ0) is 35.1. The molecule has 0 fully saturated rings. The Kier molecular flexibility index (Phi) is 7.03. The Hall–Kier alpha value is -5.73. The van der Waals surface area contributed by atoms with Crippen LogP contribution in [0.4, 0.5) is 8.78 Å². The summed E-state index contributed by atoms with van der Waals surface area (Å²) in [4.78, 5) is 0. The second-order valence-electron chi connectivity index (χ2n) is 15.3. The van der Waals surface area contributed by atoms with Gasteiger partial charge in [-0.15, -0.1) is 0 Å². The van der Waals surface area contributed by atoms with Crippen LogP contribution in [0, 0.1) is 23.0 Å². The quantitative estimate of drug-likeness (QED) is 0.186. The highest BCUT2D eigenvalue weighted by Gasteiger charge is 2.26. The van der Waals surface area contributed by atoms with Crippen molar-refractivity contribution in [2.24, 2.45) is 0 Å². The molecular formula is C45H37F2N3. The van der Waals surface area contributed by atoms with Gasteiger partial charge in [-0.05, 0) is 70.5 Å². The summed E-state index contributed by atoms with van der Waals surface area (Å²) in [6.45, 7) is 13.0. The van der Waals surface area contributed by atoms with Crippen molar-refractivity contribution in [3.8, 4) is 28.6 Å². The smallest absolute Gasteiger partial charge is 0.134 e. The third-order valence-electron chi connectivity index (χ3n) is 10.0. The first-order valence-corrected chi connectivity index (χ1v) is 17.0. The maximum atomic E-state index is 16.0. The molecule has 0 atom stereocenters. The van der Waals surface area contributed by atoms with Gasteiger partial charge >= 0.3 is 0 Å². The molecule has 0 unspecified atom stereocenters. The molecule has 0 aliphatic heterocycles. The minimum absolute atomic E-state index is 0.124. The highest BCUT2D eigenvalue weighted by atomic mass is 19.1. The lowest BCUT2D eigenvalue weighted by Crippen LogP contribution is -2.11. The zero-order valence-electron chi connectivity index (χ0n) is 29.1. The molecule has 0 N–H and O–H groups in total. The number of nitrogens with zero attached hydrogens (tertiary/aromatic N) is 3. The van der Waals surface area contributed by atoms with Gasteiger partial charge in [0.1, 0.15) is 17.7 Å². The van der Waals surface area contributed by atoms with Crippen LogP contribution < -0.4 is 0 Å². The van der Waals surface area contributed by atoms with Crippen LogP contribution in [0.3, 0.4) is 0 Å². The van der Waals surface area contributed by atoms with E-state index >= 15 is 8.78 Å². The van der Waals surface area contributed by atoms with Crippen LogP contribution >= 0.6 is 0 Å². The van der Waals surface area contributed by atoms with E-state index < -0.39 is 11.6 Å². The van der Waals surface area contributed by atoms with Crippen molar-refractivity contribution in [3.05, 3.63) is 144 Å². The van der Waals surface area contributed by atoms with Gasteiger partial charge in [-0.1, -0.05) is 108 Å². The fraction of sp³-hybridized carbons (Fsp3) is 0.178. The van der Waals surface area contributed by atoms with Crippen LogP contribution in [0.2, 0.25) is 0 Å². The topological polar surface area (TPSA) is 33.6 Å². The number of aromatic nitrogens is 2. The lowest BCUT2D eigenvalue weighted by atomic mass is 9.86. The Labute approximate surface area is 290 Å². The average molecular weight is 658 g/mol. The predicted molar refractivity (Wildman–Crippen MR) is 203 cm³/mol. The maximum Gasteiger partial charge on any atom is 0.134 e. The van der Waals surface area contributed by atoms with Gasteiger partial charge in [0.05, 0.1) is 44.6 Å². The summed E-state index contributed by atoms with van der Waals surface area (Å²) in [7, 11) is 0. The average Bonchev–Trinajstić information content (AvgIpc) is 3.59. The standard InChI is InChI=1S/C45H37F2N3/c1-44(2,3)28-18-20-32-30-12-7-9-16-37(30)49(41(32)23-28)39-25-34(43-35(46)14-11-15-36(43)47)40(22-27(39)26-48)50-38-17-10-8-13-31(38)33-21-19-29(24-42(33)50)45(4,5)6/h7-25H,1-6H3. The summed E-state index contributed by atoms with van der Waals surface area (Å²) in [5.41, 5.74) is 7.33. The van der Waals surface area contributed by atoms with E-state index in [4.69, 9.17) is 0 Å². The van der Waals surface area contributed by atoms with Gasteiger partial charge in [0, 0.05) is 27.1 Å². The molecule has 0 saturated heterocycles. The third-order valence-corrected chi connectivity index (χ3v) is 10.0. The van der Waals surface area contributed by atoms with Crippen molar-refractivity contribution in [1.82, 2.24) is 9.13 Å². The number of halogens is 2. The first-order valence-electron chi connectivity index (χ1n) is 17.0. The van der Waals surface area contributed by atoms with Gasteiger partial charge in [-0.25, -0.2) is 8.78 Å². The first kappa shape index (κ1) is 31.5. The molecule has 3 nitrogen and oxygen atoms in total. The molecule has 0 aliphatic rings. The lowest BCUT2D eigenvalue weighted by Gasteiger charge is -2.22. The van der Waals surface area contributed by atoms with Gasteiger partial charge in [0.25, 0.3) is 0 Å². The van der Waals surface area contributed by atoms with Crippen molar-refractivity contribution < 1.29 is 8.78 Å². The molecule has 2 heterocycles. The molecule has 8 rings (SSSR count). The molecule has 6 aromatic carbocycles. The summed E-state index contributed by atoms with van der Waals surface area (Å²) in [6, 6.07) is 39.1. The van der Waals surface area contributed by atoms with Gasteiger partial charge in [0.15, 0.2) is 0 Å². The minimum atomic E-state index is -0.671. The summed E-state index contributed by atoms with van der Waals surface area (Å²) in [5.74, 6) is -1.34. The Morgan fingerprint density at radius 1 is 0.500 bits per heavy atom. The second kappa shape index (κ2) is 11.1. The normalized spacial score (nSPS) is 12.4. The van der Waals surface area contributed by atoms with Crippen molar-refractivity contribution in [1.29, 1.82) is 5.26 Å². The Morgan fingerprint density at radius 2 is 0.960 bits per heavy atom. The number of rotatable bonds is 3. The van der Waals surface area contributed by atoms with Gasteiger partial charge in [0.2, 0.25) is 0 Å². The fourth-order valence-electron chi connectivity index (χ4n) is 7.38. The van der Waals surface area contributed by atoms with Crippen LogP contribution in [0.15, 0.2) is 115 Å². The molecule has 8 aromatic rings. The SMILES string of the molecule is CC(C)(C)c1ccc2c3ccccc3n(-c3cc(-c4c(F)cccc4F)c(-n4c5ccccc5c5ccc(C(C)(C)C)cc54)cc3C#N)c2c1. The molecular weight excluding hydrogens is 621 g/mol. The van der Waals surface area contributed by atoms with Crippen LogP contribution in [0.25, 0.3) is 66.1 Å². The van der Waals surface area contributed by atoms with Crippen molar-refractivity contribution in [3.63, 3.8) is 0 Å². The molecule has 0 radical (unpaired) electrons. The summed E-state index contributed by atoms with van der Waals surface area (Å²) >= 11 is 0. The van der Waals surface area contributed by atoms with E-state index in [0.717, 1.165) is 54.7 Å². The molecule has 0 saturated carbocycles. The van der Waals surface area contributed by atoms with Gasteiger partial charge in [-0.3, -0.25) is 0 Å². The predicted octanol–water partition coefficient (Wildman–Crippen LogP) is 12.3. The highest BCUT2D eigenvalue weighted by Crippen LogP contribution is 2.43. The second-order valence-corrected chi connectivity index (χ2v) is 15.3. The van der Waals surface area contributed by atoms with E-state index in [9.17, 15) is 5.26 Å². The van der Waals surface area contributed by atoms with E-state index in [1.165, 1.54) is 18.2 Å². The third kappa shape index (κ3) is 4.82. The molecule has 0 amide bonds. The number of para-hydroxylation sites is 2. The number of hydrogen-bond acceptors (Lipinski definition) is 1. The van der Waals surface area contributed by atoms with Crippen LogP contribution in [-0.4, -0.2) is 9.13 Å². The summed E-state index contributed by atoms with van der Waals surface area (Å²) < 4.78 is 36.2. The summed E-state index contributed by atoms with van der Waals surface area (Å²) in [5, 5.41) is 15.0. The lowest BCUT2D eigenvalue weighted by molar-refractivity contribution is 0.589. The maximum absolute atomic E-state index is 16.0. The Morgan fingerprint density at radius 3 is 1.44 bits per heavy atom. The highest BCUT2D eigenvalue weighted by molar-refractivity contribution is 6.11. The summed E-state index contributed by atoms with van der Waals surface area (Å²) in [6.07, 6.45) is 0. The molecule has 50 heavy (non-hydrogen) atoms. The number of fused-ring (bicyclic) bond motifs is 6. The number of hydrogen-bond donors (Lipinski definition) is 0. The number of nitriles is 1. The molecule has 0 spiro atoms. The molecule has 246 valence electrons. The minimum Gasteiger partial charge on any atom is -0.309 e. The molecule has 0 aliphatic carbocycles. The van der Waals surface area contributed by atoms with Crippen LogP contribution in [0.5, 0.6) is 0 Å². The van der Waals surface area contributed by atoms with E-state index in [1.807, 2.05) is 36.4 Å². The molecule has 0 bridgehead atoms. The molecule has 5 heteroatoms. The zero-order valence-corrected chi connectivity index (χ0v) is 29.1. The Bertz CT molecular complexity index is 2690. The monoisotopic (exact) mass is 657 g/mol. The van der Waals surface area contributed by atoms with E-state index in [0.29, 0.717) is 22.5 Å².